The van der Waals surface area contributed by atoms with Crippen molar-refractivity contribution < 1.29 is 14.7 Å². The van der Waals surface area contributed by atoms with Gasteiger partial charge in [-0.3, -0.25) is 14.7 Å². The number of rotatable bonds is 5. The molecule has 0 spiro atoms. The summed E-state index contributed by atoms with van der Waals surface area (Å²) < 4.78 is 0. The highest BCUT2D eigenvalue weighted by Crippen LogP contribution is 2.17. The smallest absolute Gasteiger partial charge is 0.308 e. The Hall–Kier alpha value is -2.63. The number of hydrogen-bond acceptors (Lipinski definition) is 3. The maximum Gasteiger partial charge on any atom is 0.308 e. The average Bonchev–Trinajstić information content (AvgIpc) is 2.96. The number of aliphatic carboxylic acids is 1. The average molecular weight is 287 g/mol. The zero-order valence-electron chi connectivity index (χ0n) is 11.9. The molecule has 2 N–H and O–H groups in total. The maximum absolute atomic E-state index is 12.2. The normalized spacial score (nSPS) is 11.9. The van der Waals surface area contributed by atoms with Crippen LogP contribution in [0.25, 0.3) is 11.3 Å². The second-order valence-electron chi connectivity index (χ2n) is 4.96. The summed E-state index contributed by atoms with van der Waals surface area (Å²) in [6, 6.07) is 11.2. The van der Waals surface area contributed by atoms with E-state index in [2.05, 4.69) is 10.2 Å². The topological polar surface area (TPSA) is 86.3 Å². The molecule has 0 bridgehead atoms. The van der Waals surface area contributed by atoms with Gasteiger partial charge in [-0.05, 0) is 6.07 Å². The van der Waals surface area contributed by atoms with Crippen LogP contribution >= 0.6 is 0 Å². The van der Waals surface area contributed by atoms with E-state index in [1.54, 1.807) is 20.0 Å². The van der Waals surface area contributed by atoms with Crippen molar-refractivity contribution in [1.82, 2.24) is 15.1 Å². The molecule has 0 aliphatic rings. The quantitative estimate of drug-likeness (QED) is 0.879. The minimum atomic E-state index is -0.927. The lowest BCUT2D eigenvalue weighted by atomic mass is 10.1. The third-order valence-electron chi connectivity index (χ3n) is 3.19. The zero-order valence-corrected chi connectivity index (χ0v) is 11.9. The van der Waals surface area contributed by atoms with Crippen molar-refractivity contribution in [3.05, 3.63) is 42.1 Å². The number of benzene rings is 1. The Morgan fingerprint density at radius 1 is 1.33 bits per heavy atom. The second kappa shape index (κ2) is 6.21. The fraction of sp³-hybridized carbons (Fsp3) is 0.267. The Balaban J connectivity index is 2.10. The van der Waals surface area contributed by atoms with Gasteiger partial charge in [-0.2, -0.15) is 5.10 Å². The molecule has 1 atom stereocenters. The van der Waals surface area contributed by atoms with Crippen LogP contribution in [0.5, 0.6) is 0 Å². The van der Waals surface area contributed by atoms with Gasteiger partial charge in [0.25, 0.3) is 5.91 Å². The lowest BCUT2D eigenvalue weighted by Crippen LogP contribution is -2.33. The van der Waals surface area contributed by atoms with E-state index >= 15 is 0 Å². The number of carbonyl (C=O) groups is 2. The van der Waals surface area contributed by atoms with Gasteiger partial charge >= 0.3 is 5.97 Å². The van der Waals surface area contributed by atoms with Crippen LogP contribution in [-0.2, 0) is 4.79 Å². The summed E-state index contributed by atoms with van der Waals surface area (Å²) in [7, 11) is 1.57. The van der Waals surface area contributed by atoms with Crippen LogP contribution in [0.2, 0.25) is 0 Å². The predicted molar refractivity (Wildman–Crippen MR) is 77.8 cm³/mol. The van der Waals surface area contributed by atoms with E-state index in [4.69, 9.17) is 5.11 Å². The summed E-state index contributed by atoms with van der Waals surface area (Å²) in [5, 5.41) is 15.7. The number of aromatic nitrogens is 2. The van der Waals surface area contributed by atoms with Crippen molar-refractivity contribution in [1.29, 1.82) is 0 Å². The minimum Gasteiger partial charge on any atom is -0.481 e. The summed E-state index contributed by atoms with van der Waals surface area (Å²) in [6.45, 7) is 1.71. The molecule has 2 aromatic rings. The van der Waals surface area contributed by atoms with E-state index in [1.165, 1.54) is 4.90 Å². The predicted octanol–water partition coefficient (Wildman–Crippen LogP) is 1.87. The van der Waals surface area contributed by atoms with E-state index in [1.807, 2.05) is 30.3 Å². The van der Waals surface area contributed by atoms with Crippen LogP contribution in [0.3, 0.4) is 0 Å². The van der Waals surface area contributed by atoms with Gasteiger partial charge in [0, 0.05) is 19.2 Å². The SMILES string of the molecule is CC(CN(C)C(=O)c1cc(-c2ccccc2)n[nH]1)C(=O)O. The molecule has 0 aliphatic heterocycles. The summed E-state index contributed by atoms with van der Waals surface area (Å²) in [6.07, 6.45) is 0. The molecule has 2 rings (SSSR count). The molecule has 0 saturated carbocycles. The number of carboxylic acid groups (broad SMARTS) is 1. The van der Waals surface area contributed by atoms with Crippen LogP contribution in [0.1, 0.15) is 17.4 Å². The van der Waals surface area contributed by atoms with Gasteiger partial charge in [0.1, 0.15) is 5.69 Å². The Labute approximate surface area is 122 Å². The Morgan fingerprint density at radius 2 is 2.00 bits per heavy atom. The number of nitrogens with one attached hydrogen (secondary N) is 1. The fourth-order valence-electron chi connectivity index (χ4n) is 1.97. The molecule has 1 unspecified atom stereocenters. The Bertz CT molecular complexity index is 637. The molecule has 0 saturated heterocycles. The lowest BCUT2D eigenvalue weighted by Gasteiger charge is -2.18. The van der Waals surface area contributed by atoms with E-state index < -0.39 is 11.9 Å². The van der Waals surface area contributed by atoms with Crippen LogP contribution in [0.4, 0.5) is 0 Å². The molecular weight excluding hydrogens is 270 g/mol. The summed E-state index contributed by atoms with van der Waals surface area (Å²) in [4.78, 5) is 24.4. The maximum atomic E-state index is 12.2. The summed E-state index contributed by atoms with van der Waals surface area (Å²) in [5.74, 6) is -1.82. The molecular formula is C15H17N3O3. The first-order valence-corrected chi connectivity index (χ1v) is 6.58. The summed E-state index contributed by atoms with van der Waals surface area (Å²) >= 11 is 0. The van der Waals surface area contributed by atoms with E-state index in [-0.39, 0.29) is 12.5 Å². The number of aromatic amines is 1. The molecule has 1 aromatic heterocycles. The third kappa shape index (κ3) is 3.47. The van der Waals surface area contributed by atoms with Gasteiger partial charge in [-0.25, -0.2) is 0 Å². The molecule has 6 heteroatoms. The number of amides is 1. The van der Waals surface area contributed by atoms with Crippen LogP contribution < -0.4 is 0 Å². The monoisotopic (exact) mass is 287 g/mol. The lowest BCUT2D eigenvalue weighted by molar-refractivity contribution is -0.141. The number of nitrogens with zero attached hydrogens (tertiary/aromatic N) is 2. The number of hydrogen-bond donors (Lipinski definition) is 2. The standard InChI is InChI=1S/C15H17N3O3/c1-10(15(20)21)9-18(2)14(19)13-8-12(16-17-13)11-6-4-3-5-7-11/h3-8,10H,9H2,1-2H3,(H,16,17)(H,20,21). The van der Waals surface area contributed by atoms with Crippen LogP contribution in [0.15, 0.2) is 36.4 Å². The van der Waals surface area contributed by atoms with Crippen molar-refractivity contribution in [2.45, 2.75) is 6.92 Å². The van der Waals surface area contributed by atoms with Gasteiger partial charge in [-0.15, -0.1) is 0 Å². The molecule has 1 heterocycles. The first-order valence-electron chi connectivity index (χ1n) is 6.58. The largest absolute Gasteiger partial charge is 0.481 e. The summed E-state index contributed by atoms with van der Waals surface area (Å²) in [5.41, 5.74) is 1.93. The highest BCUT2D eigenvalue weighted by atomic mass is 16.4. The van der Waals surface area contributed by atoms with Crippen molar-refractivity contribution in [3.63, 3.8) is 0 Å². The highest BCUT2D eigenvalue weighted by Gasteiger charge is 2.20. The van der Waals surface area contributed by atoms with Gasteiger partial charge in [0.15, 0.2) is 0 Å². The fourth-order valence-corrected chi connectivity index (χ4v) is 1.97. The molecule has 0 aliphatic carbocycles. The number of H-pyrrole nitrogens is 1. The molecule has 1 amide bonds. The van der Waals surface area contributed by atoms with E-state index in [0.717, 1.165) is 5.56 Å². The molecule has 0 radical (unpaired) electrons. The van der Waals surface area contributed by atoms with E-state index in [9.17, 15) is 9.59 Å². The number of carboxylic acids is 1. The zero-order chi connectivity index (χ0) is 15.4. The van der Waals surface area contributed by atoms with Crippen molar-refractivity contribution in [2.24, 2.45) is 5.92 Å². The third-order valence-corrected chi connectivity index (χ3v) is 3.19. The molecule has 21 heavy (non-hydrogen) atoms. The van der Waals surface area contributed by atoms with E-state index in [0.29, 0.717) is 11.4 Å². The molecule has 110 valence electrons. The van der Waals surface area contributed by atoms with Gasteiger partial charge in [0.2, 0.25) is 0 Å². The first kappa shape index (κ1) is 14.8. The van der Waals surface area contributed by atoms with Gasteiger partial charge < -0.3 is 10.0 Å². The number of carbonyl (C=O) groups excluding carboxylic acids is 1. The van der Waals surface area contributed by atoms with Crippen LogP contribution in [-0.4, -0.2) is 45.7 Å². The van der Waals surface area contributed by atoms with Gasteiger partial charge in [-0.1, -0.05) is 37.3 Å². The van der Waals surface area contributed by atoms with Crippen molar-refractivity contribution in [2.75, 3.05) is 13.6 Å². The highest BCUT2D eigenvalue weighted by molar-refractivity contribution is 5.93. The molecule has 0 fully saturated rings. The first-order chi connectivity index (χ1) is 9.99. The van der Waals surface area contributed by atoms with Crippen molar-refractivity contribution >= 4 is 11.9 Å². The second-order valence-corrected chi connectivity index (χ2v) is 4.96. The van der Waals surface area contributed by atoms with Crippen LogP contribution in [0, 0.1) is 5.92 Å². The van der Waals surface area contributed by atoms with Gasteiger partial charge in [0.05, 0.1) is 11.6 Å². The minimum absolute atomic E-state index is 0.147. The van der Waals surface area contributed by atoms with Crippen molar-refractivity contribution in [3.8, 4) is 11.3 Å². The molecule has 1 aromatic carbocycles. The molecule has 6 nitrogen and oxygen atoms in total. The Kier molecular flexibility index (Phi) is 4.37. The Morgan fingerprint density at radius 3 is 2.62 bits per heavy atom.